The lowest BCUT2D eigenvalue weighted by molar-refractivity contribution is -0.150. The van der Waals surface area contributed by atoms with Crippen molar-refractivity contribution < 1.29 is 42.0 Å². The largest absolute Gasteiger partial charge is 0.479 e. The highest BCUT2D eigenvalue weighted by Crippen LogP contribution is 2.60. The van der Waals surface area contributed by atoms with Crippen molar-refractivity contribution in [1.29, 1.82) is 0 Å². The third kappa shape index (κ3) is 7.59. The minimum atomic E-state index is -4.94. The van der Waals surface area contributed by atoms with Crippen LogP contribution in [-0.4, -0.2) is 56.7 Å². The van der Waals surface area contributed by atoms with Gasteiger partial charge in [-0.05, 0) is 12.0 Å². The second-order valence-electron chi connectivity index (χ2n) is 9.17. The number of H-pyrrole nitrogens is 1. The first-order chi connectivity index (χ1) is 18.1. The molecule has 3 N–H and O–H groups in total. The number of unbranched alkanes of at least 4 members (excludes halogenated alkanes) is 3. The zero-order chi connectivity index (χ0) is 27.3. The maximum atomic E-state index is 12.5. The monoisotopic (exact) mass is 574 g/mol. The predicted octanol–water partition coefficient (Wildman–Crippen LogP) is 2.69. The first-order valence-corrected chi connectivity index (χ1v) is 15.6. The minimum absolute atomic E-state index is 0.277. The van der Waals surface area contributed by atoms with Gasteiger partial charge in [-0.15, -0.1) is 0 Å². The molecule has 2 aliphatic rings. The van der Waals surface area contributed by atoms with Gasteiger partial charge >= 0.3 is 21.1 Å². The molecule has 2 saturated heterocycles. The Morgan fingerprint density at radius 2 is 1.74 bits per heavy atom. The highest BCUT2D eigenvalue weighted by atomic mass is 31.3. The van der Waals surface area contributed by atoms with Crippen molar-refractivity contribution >= 4 is 15.4 Å². The van der Waals surface area contributed by atoms with Gasteiger partial charge in [0, 0.05) is 18.7 Å². The number of aromatic amines is 1. The average molecular weight is 574 g/mol. The van der Waals surface area contributed by atoms with E-state index < -0.39 is 64.1 Å². The fourth-order valence-corrected chi connectivity index (χ4v) is 7.18. The van der Waals surface area contributed by atoms with Crippen LogP contribution < -0.4 is 11.2 Å². The molecular weight excluding hydrogens is 542 g/mol. The zero-order valence-corrected chi connectivity index (χ0v) is 22.6. The van der Waals surface area contributed by atoms with E-state index in [0.717, 1.165) is 29.0 Å². The van der Waals surface area contributed by atoms with Crippen LogP contribution in [0.5, 0.6) is 0 Å². The Morgan fingerprint density at radius 1 is 1.00 bits per heavy atom. The molecule has 2 aliphatic heterocycles. The third-order valence-corrected chi connectivity index (χ3v) is 9.40. The Kier molecular flexibility index (Phi) is 9.57. The van der Waals surface area contributed by atoms with Gasteiger partial charge < -0.3 is 24.0 Å². The van der Waals surface area contributed by atoms with Crippen LogP contribution in [0.4, 0.5) is 0 Å². The standard InChI is InChI=1S/C23H32N2O11P2/c1-2-3-4-8-13-37(28,29)36-38(30,31)32-15-17-20-21(22(33-17)25-12-11-18(26)24-23(25)27)35-19(34-20)14-16-9-6-5-7-10-16/h5-7,9-12,17,19-22H,2-4,8,13-15H2,1H3,(H,28,29)(H,30,31)(H,24,26,27). The van der Waals surface area contributed by atoms with Gasteiger partial charge in [0.25, 0.3) is 5.56 Å². The van der Waals surface area contributed by atoms with Crippen LogP contribution in [0.25, 0.3) is 0 Å². The van der Waals surface area contributed by atoms with E-state index in [0.29, 0.717) is 19.3 Å². The molecule has 0 bridgehead atoms. The summed E-state index contributed by atoms with van der Waals surface area (Å²) in [4.78, 5) is 46.2. The number of hydrogen-bond donors (Lipinski definition) is 3. The molecule has 2 aromatic rings. The summed E-state index contributed by atoms with van der Waals surface area (Å²) < 4.78 is 53.5. The molecule has 3 heterocycles. The lowest BCUT2D eigenvalue weighted by Gasteiger charge is -2.22. The van der Waals surface area contributed by atoms with Crippen molar-refractivity contribution in [1.82, 2.24) is 9.55 Å². The summed E-state index contributed by atoms with van der Waals surface area (Å²) in [6.07, 6.45) is -0.190. The second-order valence-corrected chi connectivity index (χ2v) is 12.7. The average Bonchev–Trinajstić information content (AvgIpc) is 3.40. The number of fused-ring (bicyclic) bond motifs is 1. The van der Waals surface area contributed by atoms with Crippen LogP contribution in [0, 0.1) is 0 Å². The number of phosphoric ester groups is 1. The van der Waals surface area contributed by atoms with Gasteiger partial charge in [0.2, 0.25) is 0 Å². The van der Waals surface area contributed by atoms with Gasteiger partial charge in [0.05, 0.1) is 12.8 Å². The first-order valence-electron chi connectivity index (χ1n) is 12.4. The van der Waals surface area contributed by atoms with Crippen molar-refractivity contribution in [2.45, 2.75) is 69.9 Å². The molecule has 210 valence electrons. The topological polar surface area (TPSA) is 176 Å². The van der Waals surface area contributed by atoms with E-state index >= 15 is 0 Å². The SMILES string of the molecule is CCCCCCP(=O)(O)OP(=O)(O)OCC1OC(n2ccc(=O)[nH]c2=O)C2OC(Cc3ccccc3)OC12. The normalized spacial score (nSPS) is 28.0. The van der Waals surface area contributed by atoms with Crippen molar-refractivity contribution in [3.8, 4) is 0 Å². The summed E-state index contributed by atoms with van der Waals surface area (Å²) in [6, 6.07) is 10.6. The maximum absolute atomic E-state index is 12.5. The fourth-order valence-electron chi connectivity index (χ4n) is 4.42. The smallest absolute Gasteiger partial charge is 0.346 e. The number of nitrogens with one attached hydrogen (secondary N) is 1. The molecular formula is C23H32N2O11P2. The first kappa shape index (κ1) is 29.1. The van der Waals surface area contributed by atoms with Gasteiger partial charge in [-0.1, -0.05) is 56.5 Å². The predicted molar refractivity (Wildman–Crippen MR) is 135 cm³/mol. The summed E-state index contributed by atoms with van der Waals surface area (Å²) in [6.45, 7) is 1.43. The Bertz CT molecular complexity index is 1280. The van der Waals surface area contributed by atoms with Crippen LogP contribution >= 0.6 is 15.4 Å². The number of benzene rings is 1. The molecule has 4 rings (SSSR count). The maximum Gasteiger partial charge on any atom is 0.479 e. The second kappa shape index (κ2) is 12.5. The van der Waals surface area contributed by atoms with E-state index in [4.69, 9.17) is 18.7 Å². The summed E-state index contributed by atoms with van der Waals surface area (Å²) in [5.74, 6) is 0. The van der Waals surface area contributed by atoms with E-state index in [1.54, 1.807) is 0 Å². The molecule has 1 aromatic carbocycles. The number of nitrogens with zero attached hydrogens (tertiary/aromatic N) is 1. The van der Waals surface area contributed by atoms with E-state index in [-0.39, 0.29) is 6.16 Å². The minimum Gasteiger partial charge on any atom is -0.346 e. The molecule has 38 heavy (non-hydrogen) atoms. The van der Waals surface area contributed by atoms with Crippen molar-refractivity contribution in [2.75, 3.05) is 12.8 Å². The summed E-state index contributed by atoms with van der Waals surface area (Å²) in [5.41, 5.74) is -0.388. The van der Waals surface area contributed by atoms with Crippen LogP contribution in [-0.2, 0) is 38.6 Å². The summed E-state index contributed by atoms with van der Waals surface area (Å²) in [7, 11) is -9.31. The molecule has 0 radical (unpaired) electrons. The Labute approximate surface area is 218 Å². The number of ether oxygens (including phenoxy) is 3. The molecule has 13 nitrogen and oxygen atoms in total. The molecule has 0 amide bonds. The van der Waals surface area contributed by atoms with Crippen molar-refractivity contribution in [2.24, 2.45) is 0 Å². The summed E-state index contributed by atoms with van der Waals surface area (Å²) in [5, 5.41) is 0. The molecule has 2 fully saturated rings. The number of aromatic nitrogens is 2. The molecule has 7 unspecified atom stereocenters. The van der Waals surface area contributed by atoms with Crippen LogP contribution in [0.2, 0.25) is 0 Å². The number of rotatable bonds is 13. The van der Waals surface area contributed by atoms with Gasteiger partial charge in [-0.25, -0.2) is 13.7 Å². The van der Waals surface area contributed by atoms with Gasteiger partial charge in [0.1, 0.15) is 18.3 Å². The molecule has 1 aromatic heterocycles. The van der Waals surface area contributed by atoms with Gasteiger partial charge in [-0.3, -0.25) is 23.4 Å². The van der Waals surface area contributed by atoms with E-state index in [2.05, 4.69) is 9.29 Å². The molecule has 0 spiro atoms. The number of hydrogen-bond acceptors (Lipinski definition) is 9. The Morgan fingerprint density at radius 3 is 2.45 bits per heavy atom. The molecule has 0 aliphatic carbocycles. The van der Waals surface area contributed by atoms with Crippen LogP contribution in [0.3, 0.4) is 0 Å². The highest BCUT2D eigenvalue weighted by molar-refractivity contribution is 7.64. The molecule has 0 saturated carbocycles. The Hall–Kier alpha value is -1.92. The lowest BCUT2D eigenvalue weighted by atomic mass is 10.1. The van der Waals surface area contributed by atoms with Crippen molar-refractivity contribution in [3.05, 3.63) is 69.0 Å². The van der Waals surface area contributed by atoms with Crippen LogP contribution in [0.15, 0.2) is 52.2 Å². The van der Waals surface area contributed by atoms with E-state index in [1.807, 2.05) is 37.3 Å². The zero-order valence-electron chi connectivity index (χ0n) is 20.8. The summed E-state index contributed by atoms with van der Waals surface area (Å²) >= 11 is 0. The lowest BCUT2D eigenvalue weighted by Crippen LogP contribution is -2.36. The molecule has 7 atom stereocenters. The fraction of sp³-hybridized carbons (Fsp3) is 0.565. The number of phosphoric acid groups is 1. The van der Waals surface area contributed by atoms with E-state index in [1.165, 1.54) is 6.20 Å². The molecule has 15 heteroatoms. The highest BCUT2D eigenvalue weighted by Gasteiger charge is 2.54. The quantitative estimate of drug-likeness (QED) is 0.237. The van der Waals surface area contributed by atoms with Crippen molar-refractivity contribution in [3.63, 3.8) is 0 Å². The van der Waals surface area contributed by atoms with Crippen LogP contribution in [0.1, 0.15) is 44.4 Å². The van der Waals surface area contributed by atoms with E-state index in [9.17, 15) is 28.5 Å². The van der Waals surface area contributed by atoms with Gasteiger partial charge in [0.15, 0.2) is 12.5 Å². The Balaban J connectivity index is 1.45. The third-order valence-electron chi connectivity index (χ3n) is 6.20. The van der Waals surface area contributed by atoms with Gasteiger partial charge in [-0.2, -0.15) is 0 Å².